The molecule has 19 heavy (non-hydrogen) atoms. The van der Waals surface area contributed by atoms with Gasteiger partial charge in [0, 0.05) is 16.5 Å². The van der Waals surface area contributed by atoms with Crippen molar-refractivity contribution in [1.82, 2.24) is 0 Å². The highest BCUT2D eigenvalue weighted by Crippen LogP contribution is 2.29. The summed E-state index contributed by atoms with van der Waals surface area (Å²) < 4.78 is 5.44. The number of thiophene rings is 1. The molecule has 5 nitrogen and oxygen atoms in total. The Bertz CT molecular complexity index is 607. The Balaban J connectivity index is 2.24. The highest BCUT2D eigenvalue weighted by molar-refractivity contribution is 7.09. The van der Waals surface area contributed by atoms with Crippen molar-refractivity contribution in [2.75, 3.05) is 0 Å². The second-order valence-corrected chi connectivity index (χ2v) is 4.90. The summed E-state index contributed by atoms with van der Waals surface area (Å²) in [6.45, 7) is 1.64. The monoisotopic (exact) mass is 277 g/mol. The Morgan fingerprint density at radius 3 is 2.79 bits per heavy atom. The summed E-state index contributed by atoms with van der Waals surface area (Å²) >= 11 is 1.52. The van der Waals surface area contributed by atoms with Gasteiger partial charge in [0.25, 0.3) is 0 Å². The van der Waals surface area contributed by atoms with Crippen LogP contribution in [-0.2, 0) is 6.61 Å². The molecule has 1 heterocycles. The molecule has 0 atom stereocenters. The number of carbonyl (C=O) groups excluding carboxylic acids is 1. The van der Waals surface area contributed by atoms with Crippen LogP contribution in [0.25, 0.3) is 0 Å². The lowest BCUT2D eigenvalue weighted by Crippen LogP contribution is -2.00. The maximum Gasteiger partial charge on any atom is 0.311 e. The molecule has 0 saturated heterocycles. The van der Waals surface area contributed by atoms with Gasteiger partial charge in [-0.1, -0.05) is 6.07 Å². The average molecular weight is 277 g/mol. The number of benzene rings is 1. The van der Waals surface area contributed by atoms with E-state index in [0.717, 1.165) is 4.88 Å². The number of hydrogen-bond donors (Lipinski definition) is 0. The molecule has 98 valence electrons. The number of nitro groups is 1. The van der Waals surface area contributed by atoms with Gasteiger partial charge in [0.2, 0.25) is 0 Å². The van der Waals surface area contributed by atoms with E-state index in [4.69, 9.17) is 4.74 Å². The third-order valence-electron chi connectivity index (χ3n) is 2.51. The molecule has 2 rings (SSSR count). The van der Waals surface area contributed by atoms with Crippen molar-refractivity contribution in [3.8, 4) is 5.75 Å². The number of rotatable bonds is 5. The predicted molar refractivity (Wildman–Crippen MR) is 71.8 cm³/mol. The molecule has 0 unspecified atom stereocenters. The Morgan fingerprint density at radius 2 is 2.21 bits per heavy atom. The average Bonchev–Trinajstić information content (AvgIpc) is 2.89. The molecule has 0 fully saturated rings. The zero-order valence-electron chi connectivity index (χ0n) is 10.2. The number of ketones is 1. The standard InChI is InChI=1S/C13H11NO4S/c1-9(15)10-4-5-13(12(7-10)14(16)17)18-8-11-3-2-6-19-11/h2-7H,8H2,1H3. The van der Waals surface area contributed by atoms with E-state index in [1.165, 1.54) is 36.5 Å². The smallest absolute Gasteiger partial charge is 0.311 e. The third kappa shape index (κ3) is 3.17. The van der Waals surface area contributed by atoms with Crippen molar-refractivity contribution in [3.63, 3.8) is 0 Å². The summed E-state index contributed by atoms with van der Waals surface area (Å²) in [5.74, 6) is -0.0451. The van der Waals surface area contributed by atoms with Gasteiger partial charge in [-0.2, -0.15) is 0 Å². The van der Waals surface area contributed by atoms with E-state index in [-0.39, 0.29) is 23.8 Å². The van der Waals surface area contributed by atoms with Crippen molar-refractivity contribution in [2.24, 2.45) is 0 Å². The van der Waals surface area contributed by atoms with Crippen LogP contribution in [0.1, 0.15) is 22.2 Å². The maximum atomic E-state index is 11.2. The van der Waals surface area contributed by atoms with Gasteiger partial charge in [-0.25, -0.2) is 0 Å². The first-order chi connectivity index (χ1) is 9.08. The fourth-order valence-corrected chi connectivity index (χ4v) is 2.16. The second kappa shape index (κ2) is 5.62. The van der Waals surface area contributed by atoms with Gasteiger partial charge < -0.3 is 4.74 Å². The van der Waals surface area contributed by atoms with Crippen LogP contribution in [0.2, 0.25) is 0 Å². The quantitative estimate of drug-likeness (QED) is 0.477. The van der Waals surface area contributed by atoms with Crippen LogP contribution in [0.5, 0.6) is 5.75 Å². The minimum Gasteiger partial charge on any atom is -0.481 e. The van der Waals surface area contributed by atoms with E-state index in [1.54, 1.807) is 0 Å². The molecule has 1 aromatic heterocycles. The Hall–Kier alpha value is -2.21. The molecular weight excluding hydrogens is 266 g/mol. The second-order valence-electron chi connectivity index (χ2n) is 3.86. The first kappa shape index (κ1) is 13.2. The number of hydrogen-bond acceptors (Lipinski definition) is 5. The van der Waals surface area contributed by atoms with Gasteiger partial charge in [-0.05, 0) is 30.5 Å². The van der Waals surface area contributed by atoms with E-state index in [1.807, 2.05) is 17.5 Å². The zero-order chi connectivity index (χ0) is 13.8. The lowest BCUT2D eigenvalue weighted by molar-refractivity contribution is -0.386. The molecule has 0 bridgehead atoms. The summed E-state index contributed by atoms with van der Waals surface area (Å²) in [7, 11) is 0. The van der Waals surface area contributed by atoms with Crippen LogP contribution in [0.4, 0.5) is 5.69 Å². The Labute approximate surface area is 113 Å². The molecule has 0 radical (unpaired) electrons. The van der Waals surface area contributed by atoms with E-state index in [9.17, 15) is 14.9 Å². The van der Waals surface area contributed by atoms with Gasteiger partial charge in [0.1, 0.15) is 6.61 Å². The summed E-state index contributed by atoms with van der Waals surface area (Å²) in [6, 6.07) is 8.00. The maximum absolute atomic E-state index is 11.2. The molecule has 0 aliphatic carbocycles. The summed E-state index contributed by atoms with van der Waals surface area (Å²) in [5.41, 5.74) is 0.111. The topological polar surface area (TPSA) is 69.4 Å². The Morgan fingerprint density at radius 1 is 1.42 bits per heavy atom. The SMILES string of the molecule is CC(=O)c1ccc(OCc2cccs2)c([N+](=O)[O-])c1. The summed E-state index contributed by atoms with van der Waals surface area (Å²) in [6.07, 6.45) is 0. The van der Waals surface area contributed by atoms with Gasteiger partial charge in [-0.3, -0.25) is 14.9 Å². The molecule has 0 saturated carbocycles. The van der Waals surface area contributed by atoms with E-state index < -0.39 is 4.92 Å². The van der Waals surface area contributed by atoms with Crippen molar-refractivity contribution < 1.29 is 14.5 Å². The Kier molecular flexibility index (Phi) is 3.91. The lowest BCUT2D eigenvalue weighted by atomic mass is 10.1. The summed E-state index contributed by atoms with van der Waals surface area (Å²) in [5, 5.41) is 12.9. The van der Waals surface area contributed by atoms with E-state index in [0.29, 0.717) is 5.56 Å². The van der Waals surface area contributed by atoms with Gasteiger partial charge in [-0.15, -0.1) is 11.3 Å². The predicted octanol–water partition coefficient (Wildman–Crippen LogP) is 3.44. The van der Waals surface area contributed by atoms with E-state index >= 15 is 0 Å². The van der Waals surface area contributed by atoms with Crippen LogP contribution >= 0.6 is 11.3 Å². The minimum atomic E-state index is -0.545. The van der Waals surface area contributed by atoms with Gasteiger partial charge in [0.05, 0.1) is 4.92 Å². The van der Waals surface area contributed by atoms with Gasteiger partial charge in [0.15, 0.2) is 11.5 Å². The van der Waals surface area contributed by atoms with Gasteiger partial charge >= 0.3 is 5.69 Å². The van der Waals surface area contributed by atoms with Crippen molar-refractivity contribution in [2.45, 2.75) is 13.5 Å². The molecule has 1 aromatic carbocycles. The molecule has 0 spiro atoms. The number of nitro benzene ring substituents is 1. The largest absolute Gasteiger partial charge is 0.481 e. The molecular formula is C13H11NO4S. The third-order valence-corrected chi connectivity index (χ3v) is 3.36. The van der Waals surface area contributed by atoms with Crippen LogP contribution in [0.3, 0.4) is 0 Å². The zero-order valence-corrected chi connectivity index (χ0v) is 11.0. The van der Waals surface area contributed by atoms with Crippen LogP contribution in [0.15, 0.2) is 35.7 Å². The van der Waals surface area contributed by atoms with Crippen LogP contribution in [-0.4, -0.2) is 10.7 Å². The molecule has 0 N–H and O–H groups in total. The fourth-order valence-electron chi connectivity index (χ4n) is 1.54. The number of ether oxygens (including phenoxy) is 1. The molecule has 0 aliphatic rings. The number of nitrogens with zero attached hydrogens (tertiary/aromatic N) is 1. The van der Waals surface area contributed by atoms with Crippen LogP contribution in [0, 0.1) is 10.1 Å². The molecule has 6 heteroatoms. The number of Topliss-reactive ketones (excluding diaryl/α,β-unsaturated/α-hetero) is 1. The first-order valence-electron chi connectivity index (χ1n) is 5.52. The van der Waals surface area contributed by atoms with E-state index in [2.05, 4.69) is 0 Å². The van der Waals surface area contributed by atoms with Crippen molar-refractivity contribution in [1.29, 1.82) is 0 Å². The highest BCUT2D eigenvalue weighted by atomic mass is 32.1. The molecule has 2 aromatic rings. The fraction of sp³-hybridized carbons (Fsp3) is 0.154. The molecule has 0 amide bonds. The number of carbonyl (C=O) groups is 1. The minimum absolute atomic E-state index is 0.170. The van der Waals surface area contributed by atoms with Crippen LogP contribution < -0.4 is 4.74 Å². The normalized spacial score (nSPS) is 10.2. The lowest BCUT2D eigenvalue weighted by Gasteiger charge is -2.06. The molecule has 0 aliphatic heterocycles. The van der Waals surface area contributed by atoms with Crippen molar-refractivity contribution in [3.05, 3.63) is 56.3 Å². The summed E-state index contributed by atoms with van der Waals surface area (Å²) in [4.78, 5) is 22.6. The highest BCUT2D eigenvalue weighted by Gasteiger charge is 2.17. The first-order valence-corrected chi connectivity index (χ1v) is 6.40. The van der Waals surface area contributed by atoms with Crippen molar-refractivity contribution >= 4 is 22.8 Å².